The molecule has 1 aromatic carbocycles. The van der Waals surface area contributed by atoms with Gasteiger partial charge in [0.2, 0.25) is 0 Å². The summed E-state index contributed by atoms with van der Waals surface area (Å²) in [6, 6.07) is 7.27. The van der Waals surface area contributed by atoms with E-state index in [2.05, 4.69) is 20.3 Å². The Morgan fingerprint density at radius 3 is 3.00 bits per heavy atom. The Kier molecular flexibility index (Phi) is 2.67. The molecule has 6 nitrogen and oxygen atoms in total. The van der Waals surface area contributed by atoms with Gasteiger partial charge in [0.15, 0.2) is 5.58 Å². The van der Waals surface area contributed by atoms with Crippen LogP contribution in [0.15, 0.2) is 35.0 Å². The van der Waals surface area contributed by atoms with E-state index in [4.69, 9.17) is 4.42 Å². The van der Waals surface area contributed by atoms with Crippen LogP contribution in [0.2, 0.25) is 0 Å². The molecule has 0 fully saturated rings. The molecule has 0 radical (unpaired) electrons. The lowest BCUT2D eigenvalue weighted by molar-refractivity contribution is 0.0992. The van der Waals surface area contributed by atoms with Crippen molar-refractivity contribution in [1.82, 2.24) is 15.0 Å². The molecule has 0 saturated heterocycles. The summed E-state index contributed by atoms with van der Waals surface area (Å²) in [5, 5.41) is 2.77. The molecule has 3 aromatic rings. The molecular weight excluding hydrogens is 268 g/mol. The summed E-state index contributed by atoms with van der Waals surface area (Å²) in [5.74, 6) is 0.213. The average Bonchev–Trinajstić information content (AvgIpc) is 3.14. The number of aromatic nitrogens is 3. The fourth-order valence-corrected chi connectivity index (χ4v) is 2.60. The molecule has 1 N–H and O–H groups in total. The molecule has 0 saturated carbocycles. The van der Waals surface area contributed by atoms with Crippen molar-refractivity contribution >= 4 is 22.8 Å². The van der Waals surface area contributed by atoms with Crippen LogP contribution in [0.4, 0.5) is 5.82 Å². The van der Waals surface area contributed by atoms with Gasteiger partial charge in [-0.05, 0) is 31.4 Å². The van der Waals surface area contributed by atoms with Crippen LogP contribution in [0, 0.1) is 0 Å². The van der Waals surface area contributed by atoms with Gasteiger partial charge in [-0.15, -0.1) is 0 Å². The molecule has 2 heterocycles. The van der Waals surface area contributed by atoms with Crippen molar-refractivity contribution in [3.05, 3.63) is 47.7 Å². The number of anilines is 1. The van der Waals surface area contributed by atoms with E-state index in [9.17, 15) is 4.79 Å². The van der Waals surface area contributed by atoms with E-state index >= 15 is 0 Å². The SMILES string of the molecule is O=C(Nc1ncnc2c1CCC2)c1nc2ccccc2o1. The second kappa shape index (κ2) is 4.66. The number of hydrogen-bond donors (Lipinski definition) is 1. The van der Waals surface area contributed by atoms with E-state index < -0.39 is 0 Å². The number of carbonyl (C=O) groups is 1. The van der Waals surface area contributed by atoms with Crippen molar-refractivity contribution in [3.63, 3.8) is 0 Å². The largest absolute Gasteiger partial charge is 0.432 e. The monoisotopic (exact) mass is 280 g/mol. The molecule has 1 amide bonds. The lowest BCUT2D eigenvalue weighted by Gasteiger charge is -2.06. The van der Waals surface area contributed by atoms with Gasteiger partial charge in [-0.25, -0.2) is 15.0 Å². The Morgan fingerprint density at radius 1 is 1.19 bits per heavy atom. The number of benzene rings is 1. The second-order valence-electron chi connectivity index (χ2n) is 4.94. The Bertz CT molecular complexity index is 808. The fourth-order valence-electron chi connectivity index (χ4n) is 2.60. The minimum Gasteiger partial charge on any atom is -0.432 e. The van der Waals surface area contributed by atoms with Gasteiger partial charge in [0.05, 0.1) is 0 Å². The van der Waals surface area contributed by atoms with Gasteiger partial charge in [-0.1, -0.05) is 12.1 Å². The van der Waals surface area contributed by atoms with Crippen LogP contribution in [-0.4, -0.2) is 20.9 Å². The van der Waals surface area contributed by atoms with Crippen molar-refractivity contribution in [2.75, 3.05) is 5.32 Å². The highest BCUT2D eigenvalue weighted by molar-refractivity contribution is 6.02. The molecule has 0 unspecified atom stereocenters. The summed E-state index contributed by atoms with van der Waals surface area (Å²) in [5.41, 5.74) is 3.28. The molecular formula is C15H12N4O2. The number of aryl methyl sites for hydroxylation is 1. The number of fused-ring (bicyclic) bond motifs is 2. The number of para-hydroxylation sites is 2. The zero-order valence-corrected chi connectivity index (χ0v) is 11.2. The van der Waals surface area contributed by atoms with Crippen LogP contribution in [0.1, 0.15) is 28.4 Å². The highest BCUT2D eigenvalue weighted by atomic mass is 16.4. The van der Waals surface area contributed by atoms with Crippen LogP contribution in [0.25, 0.3) is 11.1 Å². The minimum atomic E-state index is -0.390. The predicted octanol–water partition coefficient (Wildman–Crippen LogP) is 2.36. The van der Waals surface area contributed by atoms with Crippen molar-refractivity contribution in [3.8, 4) is 0 Å². The summed E-state index contributed by atoms with van der Waals surface area (Å²) in [6.07, 6.45) is 4.34. The van der Waals surface area contributed by atoms with Gasteiger partial charge in [-0.2, -0.15) is 0 Å². The molecule has 21 heavy (non-hydrogen) atoms. The molecule has 0 aliphatic heterocycles. The van der Waals surface area contributed by atoms with E-state index in [0.29, 0.717) is 16.9 Å². The third-order valence-electron chi connectivity index (χ3n) is 3.60. The van der Waals surface area contributed by atoms with E-state index in [-0.39, 0.29) is 11.8 Å². The lowest BCUT2D eigenvalue weighted by Crippen LogP contribution is -2.15. The van der Waals surface area contributed by atoms with Crippen LogP contribution in [0.3, 0.4) is 0 Å². The first-order chi connectivity index (χ1) is 10.3. The van der Waals surface area contributed by atoms with Crippen LogP contribution < -0.4 is 5.32 Å². The minimum absolute atomic E-state index is 0.0431. The molecule has 4 rings (SSSR count). The van der Waals surface area contributed by atoms with Crippen molar-refractivity contribution in [2.45, 2.75) is 19.3 Å². The molecule has 0 atom stereocenters. The number of nitrogens with zero attached hydrogens (tertiary/aromatic N) is 3. The maximum atomic E-state index is 12.3. The highest BCUT2D eigenvalue weighted by Crippen LogP contribution is 2.25. The number of oxazole rings is 1. The third kappa shape index (κ3) is 2.05. The van der Waals surface area contributed by atoms with E-state index in [0.717, 1.165) is 30.5 Å². The zero-order chi connectivity index (χ0) is 14.2. The van der Waals surface area contributed by atoms with Crippen LogP contribution >= 0.6 is 0 Å². The standard InChI is InChI=1S/C15H12N4O2/c20-14(15-18-11-5-1-2-7-12(11)21-15)19-13-9-4-3-6-10(9)16-8-17-13/h1-2,5,7-8H,3-4,6H2,(H,16,17,19,20). The Hall–Kier alpha value is -2.76. The first-order valence-corrected chi connectivity index (χ1v) is 6.81. The average molecular weight is 280 g/mol. The van der Waals surface area contributed by atoms with Gasteiger partial charge in [0.1, 0.15) is 17.7 Å². The van der Waals surface area contributed by atoms with Gasteiger partial charge in [0, 0.05) is 11.3 Å². The number of nitrogens with one attached hydrogen (secondary N) is 1. The maximum Gasteiger partial charge on any atom is 0.312 e. The molecule has 0 spiro atoms. The van der Waals surface area contributed by atoms with E-state index in [1.807, 2.05) is 12.1 Å². The summed E-state index contributed by atoms with van der Waals surface area (Å²) in [6.45, 7) is 0. The van der Waals surface area contributed by atoms with Gasteiger partial charge < -0.3 is 9.73 Å². The number of rotatable bonds is 2. The number of hydrogen-bond acceptors (Lipinski definition) is 5. The summed E-state index contributed by atoms with van der Waals surface area (Å²) >= 11 is 0. The summed E-state index contributed by atoms with van der Waals surface area (Å²) in [7, 11) is 0. The van der Waals surface area contributed by atoms with E-state index in [1.54, 1.807) is 12.1 Å². The molecule has 6 heteroatoms. The first-order valence-electron chi connectivity index (χ1n) is 6.81. The Morgan fingerprint density at radius 2 is 2.10 bits per heavy atom. The summed E-state index contributed by atoms with van der Waals surface area (Å²) < 4.78 is 5.45. The maximum absolute atomic E-state index is 12.3. The number of carbonyl (C=O) groups excluding carboxylic acids is 1. The Labute approximate surface area is 120 Å². The van der Waals surface area contributed by atoms with Crippen molar-refractivity contribution in [1.29, 1.82) is 0 Å². The molecule has 1 aliphatic rings. The quantitative estimate of drug-likeness (QED) is 0.779. The molecule has 104 valence electrons. The van der Waals surface area contributed by atoms with Crippen LogP contribution in [0.5, 0.6) is 0 Å². The predicted molar refractivity (Wildman–Crippen MR) is 76.0 cm³/mol. The molecule has 0 bridgehead atoms. The smallest absolute Gasteiger partial charge is 0.312 e. The molecule has 2 aromatic heterocycles. The van der Waals surface area contributed by atoms with Crippen molar-refractivity contribution < 1.29 is 9.21 Å². The van der Waals surface area contributed by atoms with Crippen LogP contribution in [-0.2, 0) is 12.8 Å². The van der Waals surface area contributed by atoms with E-state index in [1.165, 1.54) is 6.33 Å². The van der Waals surface area contributed by atoms with Crippen molar-refractivity contribution in [2.24, 2.45) is 0 Å². The highest BCUT2D eigenvalue weighted by Gasteiger charge is 2.21. The number of amides is 1. The third-order valence-corrected chi connectivity index (χ3v) is 3.60. The topological polar surface area (TPSA) is 80.9 Å². The summed E-state index contributed by atoms with van der Waals surface area (Å²) in [4.78, 5) is 24.8. The van der Waals surface area contributed by atoms with Gasteiger partial charge in [-0.3, -0.25) is 4.79 Å². The normalized spacial score (nSPS) is 13.3. The van der Waals surface area contributed by atoms with Gasteiger partial charge in [0.25, 0.3) is 5.89 Å². The fraction of sp³-hybridized carbons (Fsp3) is 0.200. The lowest BCUT2D eigenvalue weighted by atomic mass is 10.2. The zero-order valence-electron chi connectivity index (χ0n) is 11.2. The Balaban J connectivity index is 1.65. The first kappa shape index (κ1) is 12.0. The second-order valence-corrected chi connectivity index (χ2v) is 4.94. The molecule has 1 aliphatic carbocycles. The van der Waals surface area contributed by atoms with Gasteiger partial charge >= 0.3 is 5.91 Å².